The molecule has 6 nitrogen and oxygen atoms in total. The molecule has 3 aromatic rings. The van der Waals surface area contributed by atoms with E-state index in [0.29, 0.717) is 23.4 Å². The van der Waals surface area contributed by atoms with Crippen molar-refractivity contribution in [2.75, 3.05) is 10.6 Å². The Hall–Kier alpha value is -3.03. The average Bonchev–Trinajstić information content (AvgIpc) is 3.35. The summed E-state index contributed by atoms with van der Waals surface area (Å²) >= 11 is 0. The molecular weight excluding hydrogens is 338 g/mol. The molecule has 1 atom stereocenters. The molecule has 1 aromatic carbocycles. The number of aromatic nitrogens is 4. The summed E-state index contributed by atoms with van der Waals surface area (Å²) < 4.78 is 27.8. The summed E-state index contributed by atoms with van der Waals surface area (Å²) in [5, 5.41) is 13.3. The van der Waals surface area contributed by atoms with E-state index >= 15 is 0 Å². The van der Waals surface area contributed by atoms with Crippen LogP contribution in [0, 0.1) is 11.6 Å². The molecule has 1 unspecified atom stereocenters. The van der Waals surface area contributed by atoms with Gasteiger partial charge in [-0.25, -0.2) is 18.7 Å². The lowest BCUT2D eigenvalue weighted by Crippen LogP contribution is -2.12. The van der Waals surface area contributed by atoms with Gasteiger partial charge in [-0.1, -0.05) is 6.07 Å². The molecule has 3 N–H and O–H groups in total. The van der Waals surface area contributed by atoms with Crippen molar-refractivity contribution < 1.29 is 8.78 Å². The van der Waals surface area contributed by atoms with Crippen molar-refractivity contribution in [1.29, 1.82) is 0 Å². The number of hydrogen-bond acceptors (Lipinski definition) is 5. The number of benzene rings is 1. The van der Waals surface area contributed by atoms with E-state index in [0.717, 1.165) is 5.69 Å². The van der Waals surface area contributed by atoms with Gasteiger partial charge < -0.3 is 10.6 Å². The highest BCUT2D eigenvalue weighted by molar-refractivity contribution is 5.56. The van der Waals surface area contributed by atoms with Crippen LogP contribution in [0.25, 0.3) is 0 Å². The Morgan fingerprint density at radius 3 is 2.54 bits per heavy atom. The maximum absolute atomic E-state index is 13.9. The molecule has 0 amide bonds. The van der Waals surface area contributed by atoms with Crippen molar-refractivity contribution in [3.63, 3.8) is 0 Å². The highest BCUT2D eigenvalue weighted by Crippen LogP contribution is 2.39. The van der Waals surface area contributed by atoms with Gasteiger partial charge in [-0.3, -0.25) is 5.10 Å². The Morgan fingerprint density at radius 2 is 1.81 bits per heavy atom. The van der Waals surface area contributed by atoms with Crippen LogP contribution in [-0.2, 0) is 0 Å². The van der Waals surface area contributed by atoms with Gasteiger partial charge in [-0.05, 0) is 31.9 Å². The number of aromatic amines is 1. The molecule has 1 fully saturated rings. The Labute approximate surface area is 149 Å². The number of rotatable bonds is 6. The second kappa shape index (κ2) is 6.70. The molecule has 134 valence electrons. The smallest absolute Gasteiger partial charge is 0.153 e. The number of hydrogen-bond donors (Lipinski definition) is 3. The third kappa shape index (κ3) is 3.49. The molecule has 0 radical (unpaired) electrons. The minimum absolute atomic E-state index is 0.0259. The Morgan fingerprint density at radius 1 is 1.08 bits per heavy atom. The van der Waals surface area contributed by atoms with Gasteiger partial charge in [0.05, 0.1) is 6.04 Å². The number of H-pyrrole nitrogens is 1. The maximum Gasteiger partial charge on any atom is 0.153 e. The predicted octanol–water partition coefficient (Wildman–Crippen LogP) is 4.27. The van der Waals surface area contributed by atoms with Crippen LogP contribution in [-0.4, -0.2) is 20.2 Å². The SMILES string of the molecule is CC(Nc1cc(Nc2cc(C3CC3)[nH]n2)ncn1)c1c(F)cccc1F. The minimum Gasteiger partial charge on any atom is -0.363 e. The van der Waals surface area contributed by atoms with E-state index < -0.39 is 17.7 Å². The molecule has 1 saturated carbocycles. The fraction of sp³-hybridized carbons (Fsp3) is 0.278. The van der Waals surface area contributed by atoms with E-state index in [1.54, 1.807) is 13.0 Å². The van der Waals surface area contributed by atoms with Crippen molar-refractivity contribution in [1.82, 2.24) is 20.2 Å². The summed E-state index contributed by atoms with van der Waals surface area (Å²) in [6, 6.07) is 6.85. The lowest BCUT2D eigenvalue weighted by Gasteiger charge is -2.16. The standard InChI is InChI=1S/C18H18F2N6/c1-10(18-12(19)3-2-4-13(18)20)23-15-8-16(22-9-21-15)24-17-7-14(25-26-17)11-5-6-11/h2-4,7-11H,5-6H2,1H3,(H3,21,22,23,24,25,26). The quantitative estimate of drug-likeness (QED) is 0.615. The third-order valence-corrected chi connectivity index (χ3v) is 4.34. The third-order valence-electron chi connectivity index (χ3n) is 4.34. The van der Waals surface area contributed by atoms with Crippen LogP contribution < -0.4 is 10.6 Å². The van der Waals surface area contributed by atoms with Crippen LogP contribution in [0.2, 0.25) is 0 Å². The molecule has 0 saturated heterocycles. The summed E-state index contributed by atoms with van der Waals surface area (Å²) in [5.41, 5.74) is 1.09. The fourth-order valence-electron chi connectivity index (χ4n) is 2.86. The molecule has 2 heterocycles. The van der Waals surface area contributed by atoms with E-state index in [-0.39, 0.29) is 5.56 Å². The molecule has 4 rings (SSSR count). The predicted molar refractivity (Wildman–Crippen MR) is 94.3 cm³/mol. The first-order chi connectivity index (χ1) is 12.6. The number of anilines is 3. The van der Waals surface area contributed by atoms with Gasteiger partial charge in [-0.15, -0.1) is 0 Å². The molecule has 8 heteroatoms. The van der Waals surface area contributed by atoms with Gasteiger partial charge in [0.2, 0.25) is 0 Å². The lowest BCUT2D eigenvalue weighted by atomic mass is 10.1. The van der Waals surface area contributed by atoms with Gasteiger partial charge in [0.15, 0.2) is 5.82 Å². The molecule has 2 aromatic heterocycles. The first-order valence-electron chi connectivity index (χ1n) is 8.45. The normalized spacial score (nSPS) is 14.9. The molecular formula is C18H18F2N6. The van der Waals surface area contributed by atoms with Gasteiger partial charge in [0.1, 0.15) is 29.6 Å². The summed E-state index contributed by atoms with van der Waals surface area (Å²) in [6.45, 7) is 1.67. The van der Waals surface area contributed by atoms with Crippen molar-refractivity contribution in [2.24, 2.45) is 0 Å². The van der Waals surface area contributed by atoms with E-state index in [1.807, 2.05) is 6.07 Å². The fourth-order valence-corrected chi connectivity index (χ4v) is 2.86. The van der Waals surface area contributed by atoms with Crippen LogP contribution in [0.3, 0.4) is 0 Å². The van der Waals surface area contributed by atoms with Crippen LogP contribution in [0.1, 0.15) is 43.0 Å². The van der Waals surface area contributed by atoms with Crippen LogP contribution >= 0.6 is 0 Å². The highest BCUT2D eigenvalue weighted by Gasteiger charge is 2.25. The second-order valence-electron chi connectivity index (χ2n) is 6.40. The number of nitrogens with zero attached hydrogens (tertiary/aromatic N) is 3. The average molecular weight is 356 g/mol. The monoisotopic (exact) mass is 356 g/mol. The summed E-state index contributed by atoms with van der Waals surface area (Å²) in [4.78, 5) is 8.27. The number of halogens is 2. The van der Waals surface area contributed by atoms with Gasteiger partial charge in [-0.2, -0.15) is 5.10 Å². The second-order valence-corrected chi connectivity index (χ2v) is 6.40. The van der Waals surface area contributed by atoms with Crippen molar-refractivity contribution >= 4 is 17.5 Å². The van der Waals surface area contributed by atoms with E-state index in [2.05, 4.69) is 30.8 Å². The largest absolute Gasteiger partial charge is 0.363 e. The molecule has 1 aliphatic rings. The van der Waals surface area contributed by atoms with Gasteiger partial charge in [0, 0.05) is 29.3 Å². The first-order valence-corrected chi connectivity index (χ1v) is 8.45. The summed E-state index contributed by atoms with van der Waals surface area (Å²) in [5.74, 6) is 1.05. The first kappa shape index (κ1) is 16.4. The summed E-state index contributed by atoms with van der Waals surface area (Å²) in [6.07, 6.45) is 3.75. The number of nitrogens with one attached hydrogen (secondary N) is 3. The van der Waals surface area contributed by atoms with E-state index in [4.69, 9.17) is 0 Å². The molecule has 0 spiro atoms. The topological polar surface area (TPSA) is 78.5 Å². The van der Waals surface area contributed by atoms with Crippen LogP contribution in [0.15, 0.2) is 36.7 Å². The Balaban J connectivity index is 1.48. The zero-order valence-electron chi connectivity index (χ0n) is 14.1. The van der Waals surface area contributed by atoms with Crippen molar-refractivity contribution in [3.05, 3.63) is 59.6 Å². The van der Waals surface area contributed by atoms with Crippen molar-refractivity contribution in [2.45, 2.75) is 31.7 Å². The van der Waals surface area contributed by atoms with Crippen LogP contribution in [0.5, 0.6) is 0 Å². The van der Waals surface area contributed by atoms with Gasteiger partial charge in [0.25, 0.3) is 0 Å². The molecule has 0 aliphatic heterocycles. The lowest BCUT2D eigenvalue weighted by molar-refractivity contribution is 0.544. The molecule has 26 heavy (non-hydrogen) atoms. The van der Waals surface area contributed by atoms with Crippen LogP contribution in [0.4, 0.5) is 26.2 Å². The molecule has 0 bridgehead atoms. The van der Waals surface area contributed by atoms with Gasteiger partial charge >= 0.3 is 0 Å². The minimum atomic E-state index is -0.596. The van der Waals surface area contributed by atoms with Crippen molar-refractivity contribution in [3.8, 4) is 0 Å². The zero-order chi connectivity index (χ0) is 18.1. The van der Waals surface area contributed by atoms with E-state index in [9.17, 15) is 8.78 Å². The summed E-state index contributed by atoms with van der Waals surface area (Å²) in [7, 11) is 0. The zero-order valence-corrected chi connectivity index (χ0v) is 14.1. The Kier molecular flexibility index (Phi) is 4.24. The Bertz CT molecular complexity index is 901. The van der Waals surface area contributed by atoms with E-state index in [1.165, 1.54) is 37.4 Å². The maximum atomic E-state index is 13.9. The molecule has 1 aliphatic carbocycles. The highest BCUT2D eigenvalue weighted by atomic mass is 19.1.